The molecule has 1 heterocycles. The maximum absolute atomic E-state index is 8.70. The Labute approximate surface area is 54.8 Å². The second-order valence-electron chi connectivity index (χ2n) is 3.45. The van der Waals surface area contributed by atoms with Gasteiger partial charge in [0, 0.05) is 12.0 Å². The van der Waals surface area contributed by atoms with Gasteiger partial charge in [-0.15, -0.1) is 0 Å². The number of ether oxygens (including phenoxy) is 1. The molecule has 9 heavy (non-hydrogen) atoms. The third-order valence-corrected chi connectivity index (χ3v) is 2.52. The summed E-state index contributed by atoms with van der Waals surface area (Å²) in [6.07, 6.45) is 2.40. The van der Waals surface area contributed by atoms with E-state index in [0.29, 0.717) is 17.9 Å². The molecule has 2 rings (SSSR count). The molecule has 0 unspecified atom stereocenters. The molecular formula is C7H12O2. The van der Waals surface area contributed by atoms with Crippen LogP contribution in [0.25, 0.3) is 0 Å². The highest BCUT2D eigenvalue weighted by Crippen LogP contribution is 2.50. The van der Waals surface area contributed by atoms with Crippen molar-refractivity contribution in [1.29, 1.82) is 0 Å². The van der Waals surface area contributed by atoms with Crippen LogP contribution in [0.4, 0.5) is 0 Å². The Balaban J connectivity index is 1.82. The van der Waals surface area contributed by atoms with Crippen LogP contribution in [0.5, 0.6) is 0 Å². The van der Waals surface area contributed by atoms with E-state index < -0.39 is 0 Å². The van der Waals surface area contributed by atoms with Crippen LogP contribution < -0.4 is 0 Å². The molecule has 1 saturated heterocycles. The molecule has 52 valence electrons. The van der Waals surface area contributed by atoms with Crippen LogP contribution in [0.15, 0.2) is 0 Å². The van der Waals surface area contributed by atoms with Crippen LogP contribution in [-0.2, 0) is 4.74 Å². The van der Waals surface area contributed by atoms with E-state index in [-0.39, 0.29) is 0 Å². The van der Waals surface area contributed by atoms with Crippen molar-refractivity contribution in [1.82, 2.24) is 0 Å². The zero-order valence-corrected chi connectivity index (χ0v) is 5.47. The summed E-state index contributed by atoms with van der Waals surface area (Å²) in [6, 6.07) is 0. The average Bonchev–Trinajstić information content (AvgIpc) is 1.59. The molecule has 0 atom stereocenters. The van der Waals surface area contributed by atoms with E-state index in [2.05, 4.69) is 0 Å². The molecule has 2 nitrogen and oxygen atoms in total. The van der Waals surface area contributed by atoms with Crippen molar-refractivity contribution in [3.05, 3.63) is 0 Å². The van der Waals surface area contributed by atoms with E-state index in [1.165, 1.54) is 12.8 Å². The van der Waals surface area contributed by atoms with Crippen molar-refractivity contribution in [2.24, 2.45) is 11.3 Å². The van der Waals surface area contributed by atoms with Gasteiger partial charge in [0.2, 0.25) is 0 Å². The van der Waals surface area contributed by atoms with E-state index in [4.69, 9.17) is 9.84 Å². The van der Waals surface area contributed by atoms with Gasteiger partial charge in [-0.3, -0.25) is 0 Å². The van der Waals surface area contributed by atoms with E-state index in [9.17, 15) is 0 Å². The monoisotopic (exact) mass is 128 g/mol. The number of aliphatic hydroxyl groups excluding tert-OH is 1. The lowest BCUT2D eigenvalue weighted by atomic mass is 9.61. The highest BCUT2D eigenvalue weighted by Gasteiger charge is 2.49. The van der Waals surface area contributed by atoms with E-state index in [0.717, 1.165) is 13.2 Å². The Hall–Kier alpha value is -0.0800. The molecular weight excluding hydrogens is 116 g/mol. The smallest absolute Gasteiger partial charge is 0.0545 e. The molecule has 1 aliphatic heterocycles. The number of aliphatic hydroxyl groups is 1. The van der Waals surface area contributed by atoms with Crippen molar-refractivity contribution in [2.45, 2.75) is 12.8 Å². The molecule has 0 aromatic carbocycles. The highest BCUT2D eigenvalue weighted by atomic mass is 16.5. The third-order valence-electron chi connectivity index (χ3n) is 2.52. The second-order valence-corrected chi connectivity index (χ2v) is 3.45. The summed E-state index contributed by atoms with van der Waals surface area (Å²) in [5.41, 5.74) is 0.535. The first-order chi connectivity index (χ1) is 4.35. The zero-order valence-electron chi connectivity index (χ0n) is 5.47. The van der Waals surface area contributed by atoms with Gasteiger partial charge in [0.15, 0.2) is 0 Å². The van der Waals surface area contributed by atoms with E-state index >= 15 is 0 Å². The topological polar surface area (TPSA) is 29.5 Å². The summed E-state index contributed by atoms with van der Waals surface area (Å²) in [5, 5.41) is 8.70. The summed E-state index contributed by atoms with van der Waals surface area (Å²) >= 11 is 0. The average molecular weight is 128 g/mol. The zero-order chi connectivity index (χ0) is 6.32. The Morgan fingerprint density at radius 3 is 2.44 bits per heavy atom. The molecule has 1 aliphatic carbocycles. The fourth-order valence-electron chi connectivity index (χ4n) is 1.92. The second kappa shape index (κ2) is 1.70. The number of hydrogen-bond acceptors (Lipinski definition) is 2. The van der Waals surface area contributed by atoms with Crippen molar-refractivity contribution in [3.63, 3.8) is 0 Å². The fraction of sp³-hybridized carbons (Fsp3) is 1.00. The van der Waals surface area contributed by atoms with Gasteiger partial charge < -0.3 is 9.84 Å². The Morgan fingerprint density at radius 2 is 2.11 bits per heavy atom. The lowest BCUT2D eigenvalue weighted by Gasteiger charge is -2.52. The molecule has 0 amide bonds. The van der Waals surface area contributed by atoms with E-state index in [1.807, 2.05) is 0 Å². The summed E-state index contributed by atoms with van der Waals surface area (Å²) < 4.78 is 5.09. The Kier molecular flexibility index (Phi) is 1.08. The van der Waals surface area contributed by atoms with Gasteiger partial charge in [-0.25, -0.2) is 0 Å². The van der Waals surface area contributed by atoms with Crippen molar-refractivity contribution < 1.29 is 9.84 Å². The molecule has 1 saturated carbocycles. The normalized spacial score (nSPS) is 31.7. The van der Waals surface area contributed by atoms with Crippen LogP contribution in [0, 0.1) is 11.3 Å². The van der Waals surface area contributed by atoms with Crippen LogP contribution in [-0.4, -0.2) is 24.9 Å². The van der Waals surface area contributed by atoms with Crippen LogP contribution >= 0.6 is 0 Å². The summed E-state index contributed by atoms with van der Waals surface area (Å²) in [6.45, 7) is 2.27. The summed E-state index contributed by atoms with van der Waals surface area (Å²) in [5.74, 6) is 0.592. The predicted molar refractivity (Wildman–Crippen MR) is 33.1 cm³/mol. The fourth-order valence-corrected chi connectivity index (χ4v) is 1.92. The standard InChI is InChI=1S/C7H12O2/c8-3-6-1-7(2-6)4-9-5-7/h6,8H,1-5H2. The van der Waals surface area contributed by atoms with Gasteiger partial charge in [0.25, 0.3) is 0 Å². The lowest BCUT2D eigenvalue weighted by Crippen LogP contribution is -2.52. The first kappa shape index (κ1) is 5.69. The minimum absolute atomic E-state index is 0.377. The van der Waals surface area contributed by atoms with Gasteiger partial charge in [-0.1, -0.05) is 0 Å². The van der Waals surface area contributed by atoms with Gasteiger partial charge in [-0.2, -0.15) is 0 Å². The van der Waals surface area contributed by atoms with Crippen LogP contribution in [0.3, 0.4) is 0 Å². The number of hydrogen-bond donors (Lipinski definition) is 1. The largest absolute Gasteiger partial charge is 0.396 e. The SMILES string of the molecule is OCC1CC2(COC2)C1. The first-order valence-corrected chi connectivity index (χ1v) is 3.53. The molecule has 0 bridgehead atoms. The van der Waals surface area contributed by atoms with E-state index in [1.54, 1.807) is 0 Å². The van der Waals surface area contributed by atoms with Crippen molar-refractivity contribution >= 4 is 0 Å². The minimum atomic E-state index is 0.377. The summed E-state index contributed by atoms with van der Waals surface area (Å²) in [4.78, 5) is 0. The third kappa shape index (κ3) is 0.700. The molecule has 1 N–H and O–H groups in total. The quantitative estimate of drug-likeness (QED) is 0.554. The predicted octanol–water partition coefficient (Wildman–Crippen LogP) is 0.405. The minimum Gasteiger partial charge on any atom is -0.396 e. The van der Waals surface area contributed by atoms with Gasteiger partial charge >= 0.3 is 0 Å². The molecule has 2 aliphatic rings. The molecule has 2 fully saturated rings. The Morgan fingerprint density at radius 1 is 1.44 bits per heavy atom. The van der Waals surface area contributed by atoms with Crippen LogP contribution in [0.2, 0.25) is 0 Å². The maximum atomic E-state index is 8.70. The molecule has 1 spiro atoms. The van der Waals surface area contributed by atoms with Gasteiger partial charge in [0.05, 0.1) is 13.2 Å². The first-order valence-electron chi connectivity index (χ1n) is 3.53. The molecule has 2 heteroatoms. The molecule has 0 aromatic heterocycles. The Bertz CT molecular complexity index is 110. The molecule has 0 aromatic rings. The highest BCUT2D eigenvalue weighted by molar-refractivity contribution is 4.97. The van der Waals surface area contributed by atoms with Crippen molar-refractivity contribution in [2.75, 3.05) is 19.8 Å². The number of rotatable bonds is 1. The summed E-state index contributed by atoms with van der Waals surface area (Å²) in [7, 11) is 0. The molecule has 0 radical (unpaired) electrons. The lowest BCUT2D eigenvalue weighted by molar-refractivity contribution is -0.184. The van der Waals surface area contributed by atoms with Gasteiger partial charge in [0.1, 0.15) is 0 Å². The maximum Gasteiger partial charge on any atom is 0.0545 e. The van der Waals surface area contributed by atoms with Crippen molar-refractivity contribution in [3.8, 4) is 0 Å². The van der Waals surface area contributed by atoms with Gasteiger partial charge in [-0.05, 0) is 18.8 Å². The van der Waals surface area contributed by atoms with Crippen LogP contribution in [0.1, 0.15) is 12.8 Å².